The Kier molecular flexibility index (Phi) is 5.74. The summed E-state index contributed by atoms with van der Waals surface area (Å²) >= 11 is 0. The van der Waals surface area contributed by atoms with Crippen LogP contribution in [0.2, 0.25) is 0 Å². The number of carbonyl (C=O) groups excluding carboxylic acids is 1. The molecule has 0 radical (unpaired) electrons. The van der Waals surface area contributed by atoms with E-state index in [0.717, 1.165) is 16.7 Å². The van der Waals surface area contributed by atoms with Gasteiger partial charge in [-0.3, -0.25) is 4.79 Å². The second-order valence-electron chi connectivity index (χ2n) is 6.44. The summed E-state index contributed by atoms with van der Waals surface area (Å²) in [5, 5.41) is 11.8. The van der Waals surface area contributed by atoms with E-state index in [2.05, 4.69) is 10.3 Å². The molecule has 2 rings (SSSR count). The average Bonchev–Trinajstić information content (AvgIpc) is 2.61. The van der Waals surface area contributed by atoms with Crippen molar-refractivity contribution < 1.29 is 14.3 Å². The number of aliphatic hydroxyl groups is 1. The van der Waals surface area contributed by atoms with Gasteiger partial charge < -0.3 is 15.3 Å². The zero-order valence-corrected chi connectivity index (χ0v) is 15.0. The summed E-state index contributed by atoms with van der Waals surface area (Å²) in [6, 6.07) is 8.02. The highest BCUT2D eigenvalue weighted by molar-refractivity contribution is 5.90. The average molecular weight is 345 g/mol. The monoisotopic (exact) mass is 345 g/mol. The van der Waals surface area contributed by atoms with Gasteiger partial charge in [0.1, 0.15) is 11.6 Å². The largest absolute Gasteiger partial charge is 0.395 e. The van der Waals surface area contributed by atoms with Crippen molar-refractivity contribution in [1.29, 1.82) is 0 Å². The van der Waals surface area contributed by atoms with Gasteiger partial charge in [-0.1, -0.05) is 12.1 Å². The maximum atomic E-state index is 13.3. The summed E-state index contributed by atoms with van der Waals surface area (Å²) in [5.41, 5.74) is 1.55. The van der Waals surface area contributed by atoms with Crippen LogP contribution in [0.1, 0.15) is 19.4 Å². The molecule has 0 fully saturated rings. The second-order valence-corrected chi connectivity index (χ2v) is 6.44. The summed E-state index contributed by atoms with van der Waals surface area (Å²) in [5.74, 6) is 0.224. The minimum atomic E-state index is -0.806. The molecule has 0 saturated heterocycles. The van der Waals surface area contributed by atoms with Crippen molar-refractivity contribution in [2.75, 3.05) is 32.1 Å². The molecule has 1 aromatic carbocycles. The van der Waals surface area contributed by atoms with Crippen LogP contribution in [0.4, 0.5) is 10.2 Å². The molecular formula is C19H24FN3O2. The molecule has 0 aliphatic carbocycles. The van der Waals surface area contributed by atoms with Gasteiger partial charge in [0.2, 0.25) is 5.91 Å². The van der Waals surface area contributed by atoms with Gasteiger partial charge in [-0.25, -0.2) is 9.37 Å². The maximum absolute atomic E-state index is 13.3. The van der Waals surface area contributed by atoms with Crippen molar-refractivity contribution in [3.63, 3.8) is 0 Å². The first-order valence-corrected chi connectivity index (χ1v) is 8.12. The Morgan fingerprint density at radius 3 is 2.52 bits per heavy atom. The highest BCUT2D eigenvalue weighted by Crippen LogP contribution is 2.35. The lowest BCUT2D eigenvalue weighted by Gasteiger charge is -2.27. The lowest BCUT2D eigenvalue weighted by molar-refractivity contribution is -0.125. The lowest BCUT2D eigenvalue weighted by atomic mass is 9.80. The molecule has 0 spiro atoms. The van der Waals surface area contributed by atoms with E-state index in [4.69, 9.17) is 5.11 Å². The number of aromatic nitrogens is 1. The number of carbonyl (C=O) groups is 1. The van der Waals surface area contributed by atoms with Gasteiger partial charge in [0.15, 0.2) is 0 Å². The molecule has 0 saturated carbocycles. The van der Waals surface area contributed by atoms with Crippen molar-refractivity contribution in [3.8, 4) is 11.1 Å². The number of rotatable bonds is 6. The van der Waals surface area contributed by atoms with Gasteiger partial charge in [0.05, 0.1) is 12.0 Å². The molecule has 25 heavy (non-hydrogen) atoms. The van der Waals surface area contributed by atoms with E-state index >= 15 is 0 Å². The molecule has 1 heterocycles. The number of hydrogen-bond acceptors (Lipinski definition) is 4. The fourth-order valence-electron chi connectivity index (χ4n) is 2.72. The fraction of sp³-hybridized carbons (Fsp3) is 0.368. The van der Waals surface area contributed by atoms with Crippen molar-refractivity contribution >= 4 is 11.7 Å². The Balaban J connectivity index is 2.63. The third-order valence-corrected chi connectivity index (χ3v) is 4.34. The zero-order valence-electron chi connectivity index (χ0n) is 15.0. The quantitative estimate of drug-likeness (QED) is 0.843. The van der Waals surface area contributed by atoms with Gasteiger partial charge >= 0.3 is 0 Å². The predicted octanol–water partition coefficient (Wildman–Crippen LogP) is 2.34. The first kappa shape index (κ1) is 18.9. The van der Waals surface area contributed by atoms with Crippen LogP contribution in [0, 0.1) is 5.82 Å². The van der Waals surface area contributed by atoms with Crippen LogP contribution in [-0.4, -0.2) is 43.2 Å². The third-order valence-electron chi connectivity index (χ3n) is 4.34. The van der Waals surface area contributed by atoms with Crippen LogP contribution >= 0.6 is 0 Å². The second kappa shape index (κ2) is 7.61. The number of hydrogen-bond donors (Lipinski definition) is 2. The van der Waals surface area contributed by atoms with Crippen LogP contribution in [-0.2, 0) is 10.2 Å². The van der Waals surface area contributed by atoms with E-state index in [1.165, 1.54) is 12.1 Å². The van der Waals surface area contributed by atoms with Crippen LogP contribution in [0.5, 0.6) is 0 Å². The number of aliphatic hydroxyl groups excluding tert-OH is 1. The highest BCUT2D eigenvalue weighted by atomic mass is 19.1. The third kappa shape index (κ3) is 3.96. The SMILES string of the molecule is CNC(=O)C(C)(C)c1cnc(N(C)CCO)cc1-c1ccc(F)cc1. The normalized spacial score (nSPS) is 11.3. The minimum Gasteiger partial charge on any atom is -0.395 e. The fourth-order valence-corrected chi connectivity index (χ4v) is 2.72. The summed E-state index contributed by atoms with van der Waals surface area (Å²) in [6.45, 7) is 4.10. The molecule has 0 aliphatic rings. The molecule has 134 valence electrons. The molecule has 0 unspecified atom stereocenters. The Morgan fingerprint density at radius 2 is 1.96 bits per heavy atom. The van der Waals surface area contributed by atoms with Crippen molar-refractivity contribution in [2.24, 2.45) is 0 Å². The summed E-state index contributed by atoms with van der Waals surface area (Å²) in [4.78, 5) is 18.6. The number of likely N-dealkylation sites (N-methyl/N-ethyl adjacent to an activating group) is 2. The molecule has 1 aromatic heterocycles. The zero-order chi connectivity index (χ0) is 18.6. The number of pyridine rings is 1. The topological polar surface area (TPSA) is 65.5 Å². The van der Waals surface area contributed by atoms with E-state index in [-0.39, 0.29) is 18.3 Å². The highest BCUT2D eigenvalue weighted by Gasteiger charge is 2.32. The Bertz CT molecular complexity index is 745. The van der Waals surface area contributed by atoms with E-state index in [1.807, 2.05) is 31.9 Å². The maximum Gasteiger partial charge on any atom is 0.229 e. The van der Waals surface area contributed by atoms with Crippen LogP contribution in [0.15, 0.2) is 36.5 Å². The standard InChI is InChI=1S/C19H24FN3O2/c1-19(2,18(25)21-3)16-12-22-17(23(4)9-10-24)11-15(16)13-5-7-14(20)8-6-13/h5-8,11-12,24H,9-10H2,1-4H3,(H,21,25). The Morgan fingerprint density at radius 1 is 1.32 bits per heavy atom. The van der Waals surface area contributed by atoms with E-state index in [0.29, 0.717) is 12.4 Å². The van der Waals surface area contributed by atoms with E-state index < -0.39 is 5.41 Å². The summed E-state index contributed by atoms with van der Waals surface area (Å²) < 4.78 is 13.3. The number of halogens is 1. The van der Waals surface area contributed by atoms with Crippen molar-refractivity contribution in [1.82, 2.24) is 10.3 Å². The van der Waals surface area contributed by atoms with Gasteiger partial charge in [-0.15, -0.1) is 0 Å². The van der Waals surface area contributed by atoms with Gasteiger partial charge in [-0.05, 0) is 48.7 Å². The van der Waals surface area contributed by atoms with Crippen LogP contribution < -0.4 is 10.2 Å². The van der Waals surface area contributed by atoms with Crippen molar-refractivity contribution in [3.05, 3.63) is 47.9 Å². The van der Waals surface area contributed by atoms with Gasteiger partial charge in [-0.2, -0.15) is 0 Å². The number of nitrogens with one attached hydrogen (secondary N) is 1. The summed E-state index contributed by atoms with van der Waals surface area (Å²) in [7, 11) is 3.43. The Hall–Kier alpha value is -2.47. The van der Waals surface area contributed by atoms with Crippen molar-refractivity contribution in [2.45, 2.75) is 19.3 Å². The first-order valence-electron chi connectivity index (χ1n) is 8.12. The number of nitrogens with zero attached hydrogens (tertiary/aromatic N) is 2. The molecule has 0 bridgehead atoms. The molecule has 2 N–H and O–H groups in total. The lowest BCUT2D eigenvalue weighted by Crippen LogP contribution is -2.38. The Labute approximate surface area is 147 Å². The molecule has 0 aliphatic heterocycles. The van der Waals surface area contributed by atoms with E-state index in [9.17, 15) is 9.18 Å². The molecular weight excluding hydrogens is 321 g/mol. The molecule has 1 amide bonds. The molecule has 2 aromatic rings. The summed E-state index contributed by atoms with van der Waals surface area (Å²) in [6.07, 6.45) is 1.68. The molecule has 0 atom stereocenters. The first-order chi connectivity index (χ1) is 11.8. The smallest absolute Gasteiger partial charge is 0.229 e. The number of benzene rings is 1. The molecule has 6 heteroatoms. The van der Waals surface area contributed by atoms with Crippen LogP contribution in [0.25, 0.3) is 11.1 Å². The number of amides is 1. The van der Waals surface area contributed by atoms with E-state index in [1.54, 1.807) is 25.4 Å². The van der Waals surface area contributed by atoms with Crippen LogP contribution in [0.3, 0.4) is 0 Å². The molecule has 5 nitrogen and oxygen atoms in total. The van der Waals surface area contributed by atoms with Gasteiger partial charge in [0, 0.05) is 26.8 Å². The number of anilines is 1. The predicted molar refractivity (Wildman–Crippen MR) is 97.1 cm³/mol. The minimum absolute atomic E-state index is 0.00947. The van der Waals surface area contributed by atoms with Gasteiger partial charge in [0.25, 0.3) is 0 Å².